The van der Waals surface area contributed by atoms with Crippen molar-refractivity contribution in [3.8, 4) is 17.2 Å². The van der Waals surface area contributed by atoms with Gasteiger partial charge in [-0.05, 0) is 19.3 Å². The number of ether oxygens (including phenoxy) is 3. The van der Waals surface area contributed by atoms with Gasteiger partial charge < -0.3 is 24.8 Å². The number of hydrogen-bond acceptors (Lipinski definition) is 6. The van der Waals surface area contributed by atoms with E-state index in [-0.39, 0.29) is 0 Å². The van der Waals surface area contributed by atoms with E-state index in [2.05, 4.69) is 15.6 Å². The molecule has 0 fully saturated rings. The Bertz CT molecular complexity index is 469. The Kier molecular flexibility index (Phi) is 6.67. The minimum atomic E-state index is 0.622. The van der Waals surface area contributed by atoms with E-state index in [0.717, 1.165) is 55.7 Å². The van der Waals surface area contributed by atoms with Crippen molar-refractivity contribution in [2.75, 3.05) is 40.5 Å². The van der Waals surface area contributed by atoms with E-state index in [0.29, 0.717) is 6.61 Å². The molecule has 0 saturated heterocycles. The molecule has 0 amide bonds. The Labute approximate surface area is 131 Å². The zero-order chi connectivity index (χ0) is 15.6. The molecule has 0 radical (unpaired) electrons. The molecule has 0 aliphatic carbocycles. The second-order valence-corrected chi connectivity index (χ2v) is 5.04. The van der Waals surface area contributed by atoms with E-state index in [1.54, 1.807) is 14.2 Å². The lowest BCUT2D eigenvalue weighted by Gasteiger charge is -2.12. The monoisotopic (exact) mass is 307 g/mol. The van der Waals surface area contributed by atoms with Crippen molar-refractivity contribution >= 4 is 5.96 Å². The Balaban J connectivity index is 1.71. The van der Waals surface area contributed by atoms with Gasteiger partial charge in [-0.15, -0.1) is 0 Å². The smallest absolute Gasteiger partial charge is 0.191 e. The highest BCUT2D eigenvalue weighted by Gasteiger charge is 2.04. The molecule has 2 N–H and O–H groups in total. The molecule has 6 nitrogen and oxygen atoms in total. The molecule has 1 aromatic carbocycles. The average molecular weight is 307 g/mol. The molecule has 0 aromatic heterocycles. The number of hydrogen-bond donors (Lipinski definition) is 2. The standard InChI is InChI=1S/C16H25N3O3/c1-20-13-10-14(21-2)12-15(11-13)22-9-5-8-19-16-17-6-3-4-7-18-16/h10-12H,3-9H2,1-2H3,(H2,17,18,19). The topological polar surface area (TPSA) is 64.1 Å². The van der Waals surface area contributed by atoms with Gasteiger partial charge >= 0.3 is 0 Å². The van der Waals surface area contributed by atoms with E-state index >= 15 is 0 Å². The summed E-state index contributed by atoms with van der Waals surface area (Å²) in [5.41, 5.74) is 0. The fourth-order valence-electron chi connectivity index (χ4n) is 2.14. The van der Waals surface area contributed by atoms with Crippen molar-refractivity contribution in [1.29, 1.82) is 0 Å². The number of nitrogens with zero attached hydrogens (tertiary/aromatic N) is 1. The van der Waals surface area contributed by atoms with Crippen LogP contribution < -0.4 is 24.8 Å². The van der Waals surface area contributed by atoms with Gasteiger partial charge in [0, 0.05) is 37.8 Å². The lowest BCUT2D eigenvalue weighted by molar-refractivity contribution is 0.305. The SMILES string of the molecule is COc1cc(OC)cc(OCCCNC2=NCCCCN2)c1. The van der Waals surface area contributed by atoms with Crippen LogP contribution in [0.5, 0.6) is 17.2 Å². The summed E-state index contributed by atoms with van der Waals surface area (Å²) in [6, 6.07) is 5.53. The zero-order valence-corrected chi connectivity index (χ0v) is 13.4. The summed E-state index contributed by atoms with van der Waals surface area (Å²) in [5.74, 6) is 3.11. The molecule has 0 bridgehead atoms. The van der Waals surface area contributed by atoms with Gasteiger partial charge in [0.05, 0.1) is 20.8 Å². The van der Waals surface area contributed by atoms with E-state index in [1.807, 2.05) is 18.2 Å². The summed E-state index contributed by atoms with van der Waals surface area (Å²) in [6.07, 6.45) is 3.22. The summed E-state index contributed by atoms with van der Waals surface area (Å²) >= 11 is 0. The predicted octanol–water partition coefficient (Wildman–Crippen LogP) is 1.80. The van der Waals surface area contributed by atoms with Crippen LogP contribution in [0.3, 0.4) is 0 Å². The second-order valence-electron chi connectivity index (χ2n) is 5.04. The van der Waals surface area contributed by atoms with Gasteiger partial charge in [0.25, 0.3) is 0 Å². The second kappa shape index (κ2) is 9.02. The maximum absolute atomic E-state index is 5.74. The van der Waals surface area contributed by atoms with E-state index in [1.165, 1.54) is 6.42 Å². The molecule has 1 aliphatic rings. The molecule has 122 valence electrons. The number of benzene rings is 1. The van der Waals surface area contributed by atoms with Crippen molar-refractivity contribution in [2.45, 2.75) is 19.3 Å². The van der Waals surface area contributed by atoms with Crippen LogP contribution in [-0.4, -0.2) is 46.4 Å². The van der Waals surface area contributed by atoms with Gasteiger partial charge in [-0.1, -0.05) is 0 Å². The summed E-state index contributed by atoms with van der Waals surface area (Å²) < 4.78 is 16.2. The quantitative estimate of drug-likeness (QED) is 0.752. The Morgan fingerprint density at radius 2 is 1.82 bits per heavy atom. The van der Waals surface area contributed by atoms with Gasteiger partial charge in [0.2, 0.25) is 0 Å². The number of methoxy groups -OCH3 is 2. The first-order chi connectivity index (χ1) is 10.8. The molecule has 6 heteroatoms. The fraction of sp³-hybridized carbons (Fsp3) is 0.562. The summed E-state index contributed by atoms with van der Waals surface area (Å²) in [6.45, 7) is 3.34. The average Bonchev–Trinajstić information content (AvgIpc) is 2.83. The minimum Gasteiger partial charge on any atom is -0.496 e. The van der Waals surface area contributed by atoms with E-state index in [4.69, 9.17) is 14.2 Å². The molecule has 1 heterocycles. The molecule has 22 heavy (non-hydrogen) atoms. The third kappa shape index (κ3) is 5.35. The van der Waals surface area contributed by atoms with Crippen molar-refractivity contribution in [3.63, 3.8) is 0 Å². The normalized spacial score (nSPS) is 14.4. The van der Waals surface area contributed by atoms with Crippen molar-refractivity contribution in [1.82, 2.24) is 10.6 Å². The highest BCUT2D eigenvalue weighted by molar-refractivity contribution is 5.79. The van der Waals surface area contributed by atoms with Gasteiger partial charge in [0.15, 0.2) is 5.96 Å². The van der Waals surface area contributed by atoms with Crippen LogP contribution in [0, 0.1) is 0 Å². The van der Waals surface area contributed by atoms with E-state index < -0.39 is 0 Å². The molecule has 2 rings (SSSR count). The van der Waals surface area contributed by atoms with Crippen LogP contribution in [0.15, 0.2) is 23.2 Å². The van der Waals surface area contributed by atoms with Gasteiger partial charge in [-0.2, -0.15) is 0 Å². The zero-order valence-electron chi connectivity index (χ0n) is 13.4. The summed E-state index contributed by atoms with van der Waals surface area (Å²) in [4.78, 5) is 4.44. The molecule has 1 aliphatic heterocycles. The van der Waals surface area contributed by atoms with Crippen LogP contribution in [0.2, 0.25) is 0 Å². The van der Waals surface area contributed by atoms with Crippen LogP contribution in [0.25, 0.3) is 0 Å². The van der Waals surface area contributed by atoms with Crippen LogP contribution >= 0.6 is 0 Å². The highest BCUT2D eigenvalue weighted by atomic mass is 16.5. The van der Waals surface area contributed by atoms with Crippen LogP contribution in [0.1, 0.15) is 19.3 Å². The summed E-state index contributed by atoms with van der Waals surface area (Å²) in [7, 11) is 3.26. The van der Waals surface area contributed by atoms with E-state index in [9.17, 15) is 0 Å². The van der Waals surface area contributed by atoms with Gasteiger partial charge in [-0.3, -0.25) is 4.99 Å². The highest BCUT2D eigenvalue weighted by Crippen LogP contribution is 2.27. The Hall–Kier alpha value is -2.11. The first kappa shape index (κ1) is 16.3. The predicted molar refractivity (Wildman–Crippen MR) is 87.2 cm³/mol. The van der Waals surface area contributed by atoms with Crippen LogP contribution in [0.4, 0.5) is 0 Å². The maximum atomic E-state index is 5.74. The molecular weight excluding hydrogens is 282 g/mol. The van der Waals surface area contributed by atoms with Crippen molar-refractivity contribution in [2.24, 2.45) is 4.99 Å². The molecule has 0 saturated carbocycles. The summed E-state index contributed by atoms with van der Waals surface area (Å²) in [5, 5.41) is 6.59. The Morgan fingerprint density at radius 1 is 1.09 bits per heavy atom. The largest absolute Gasteiger partial charge is 0.496 e. The first-order valence-electron chi connectivity index (χ1n) is 7.70. The number of guanidine groups is 1. The molecule has 0 spiro atoms. The third-order valence-corrected chi connectivity index (χ3v) is 3.35. The molecule has 0 unspecified atom stereocenters. The Morgan fingerprint density at radius 3 is 2.55 bits per heavy atom. The van der Waals surface area contributed by atoms with Crippen LogP contribution in [-0.2, 0) is 0 Å². The lowest BCUT2D eigenvalue weighted by atomic mass is 10.3. The van der Waals surface area contributed by atoms with Gasteiger partial charge in [-0.25, -0.2) is 0 Å². The number of nitrogens with one attached hydrogen (secondary N) is 2. The molecule has 0 atom stereocenters. The molecule has 1 aromatic rings. The number of aliphatic imine (C=N–C) groups is 1. The fourth-order valence-corrected chi connectivity index (χ4v) is 2.14. The number of rotatable bonds is 7. The van der Waals surface area contributed by atoms with Gasteiger partial charge in [0.1, 0.15) is 17.2 Å². The third-order valence-electron chi connectivity index (χ3n) is 3.35. The maximum Gasteiger partial charge on any atom is 0.191 e. The van der Waals surface area contributed by atoms with Crippen molar-refractivity contribution < 1.29 is 14.2 Å². The van der Waals surface area contributed by atoms with Crippen molar-refractivity contribution in [3.05, 3.63) is 18.2 Å². The lowest BCUT2D eigenvalue weighted by Crippen LogP contribution is -2.37. The molecular formula is C16H25N3O3. The minimum absolute atomic E-state index is 0.622. The first-order valence-corrected chi connectivity index (χ1v) is 7.70.